The minimum atomic E-state index is -0.936. The molecule has 0 spiro atoms. The summed E-state index contributed by atoms with van der Waals surface area (Å²) in [5, 5.41) is 12.0. The van der Waals surface area contributed by atoms with Gasteiger partial charge in [-0.3, -0.25) is 4.79 Å². The van der Waals surface area contributed by atoms with E-state index >= 15 is 0 Å². The number of nitrogens with zero attached hydrogens (tertiary/aromatic N) is 1. The summed E-state index contributed by atoms with van der Waals surface area (Å²) in [7, 11) is 3.18. The van der Waals surface area contributed by atoms with Gasteiger partial charge < -0.3 is 24.8 Å². The lowest BCUT2D eigenvalue weighted by atomic mass is 10.0. The first kappa shape index (κ1) is 16.7. The standard InChI is InChI=1S/C13H24N2O5/c1-4-5-9(6-19-3)14-13(18)15(2)11-8-20-7-10(11)12(16)17/h9-11H,4-8H2,1-3H3,(H,14,18)(H,16,17). The zero-order valence-electron chi connectivity index (χ0n) is 12.3. The van der Waals surface area contributed by atoms with E-state index in [1.54, 1.807) is 14.2 Å². The molecule has 1 aliphatic heterocycles. The summed E-state index contributed by atoms with van der Waals surface area (Å²) in [5.41, 5.74) is 0. The second kappa shape index (κ2) is 8.06. The van der Waals surface area contributed by atoms with Crippen LogP contribution in [-0.4, -0.2) is 68.1 Å². The van der Waals surface area contributed by atoms with Crippen LogP contribution in [-0.2, 0) is 14.3 Å². The van der Waals surface area contributed by atoms with Gasteiger partial charge in [0, 0.05) is 14.2 Å². The van der Waals surface area contributed by atoms with E-state index in [1.807, 2.05) is 6.92 Å². The number of likely N-dealkylation sites (N-methyl/N-ethyl adjacent to an activating group) is 1. The molecule has 7 nitrogen and oxygen atoms in total. The van der Waals surface area contributed by atoms with E-state index in [-0.39, 0.29) is 25.3 Å². The van der Waals surface area contributed by atoms with Crippen LogP contribution in [0.15, 0.2) is 0 Å². The summed E-state index contributed by atoms with van der Waals surface area (Å²) >= 11 is 0. The van der Waals surface area contributed by atoms with Gasteiger partial charge in [0.05, 0.1) is 31.9 Å². The Balaban J connectivity index is 2.58. The maximum absolute atomic E-state index is 12.2. The van der Waals surface area contributed by atoms with Gasteiger partial charge in [-0.2, -0.15) is 0 Å². The van der Waals surface area contributed by atoms with Crippen molar-refractivity contribution in [3.63, 3.8) is 0 Å². The number of rotatable bonds is 7. The van der Waals surface area contributed by atoms with Crippen molar-refractivity contribution in [2.45, 2.75) is 31.8 Å². The lowest BCUT2D eigenvalue weighted by Crippen LogP contribution is -2.51. The Labute approximate surface area is 119 Å². The van der Waals surface area contributed by atoms with Gasteiger partial charge in [0.25, 0.3) is 0 Å². The van der Waals surface area contributed by atoms with Gasteiger partial charge >= 0.3 is 12.0 Å². The van der Waals surface area contributed by atoms with Gasteiger partial charge in [0.15, 0.2) is 0 Å². The van der Waals surface area contributed by atoms with Crippen LogP contribution < -0.4 is 5.32 Å². The Hall–Kier alpha value is -1.34. The molecule has 1 heterocycles. The van der Waals surface area contributed by atoms with E-state index in [9.17, 15) is 9.59 Å². The molecule has 0 aromatic rings. The average Bonchev–Trinajstić information content (AvgIpc) is 2.87. The van der Waals surface area contributed by atoms with Crippen LogP contribution in [0.5, 0.6) is 0 Å². The molecule has 1 saturated heterocycles. The summed E-state index contributed by atoms with van der Waals surface area (Å²) in [6.07, 6.45) is 1.75. The second-order valence-corrected chi connectivity index (χ2v) is 5.05. The largest absolute Gasteiger partial charge is 0.481 e. The lowest BCUT2D eigenvalue weighted by molar-refractivity contribution is -0.142. The molecule has 2 N–H and O–H groups in total. The molecule has 116 valence electrons. The monoisotopic (exact) mass is 288 g/mol. The zero-order chi connectivity index (χ0) is 15.1. The summed E-state index contributed by atoms with van der Waals surface area (Å²) in [6.45, 7) is 2.87. The molecule has 0 aromatic carbocycles. The Morgan fingerprint density at radius 3 is 2.75 bits per heavy atom. The maximum atomic E-state index is 12.2. The average molecular weight is 288 g/mol. The topological polar surface area (TPSA) is 88.1 Å². The molecule has 3 atom stereocenters. The van der Waals surface area contributed by atoms with Gasteiger partial charge in [-0.15, -0.1) is 0 Å². The van der Waals surface area contributed by atoms with Crippen LogP contribution in [0.4, 0.5) is 4.79 Å². The molecule has 0 saturated carbocycles. The number of methoxy groups -OCH3 is 1. The molecule has 0 radical (unpaired) electrons. The van der Waals surface area contributed by atoms with Crippen molar-refractivity contribution in [3.05, 3.63) is 0 Å². The molecule has 0 aliphatic carbocycles. The fourth-order valence-corrected chi connectivity index (χ4v) is 2.33. The van der Waals surface area contributed by atoms with Gasteiger partial charge in [-0.1, -0.05) is 13.3 Å². The van der Waals surface area contributed by atoms with Gasteiger partial charge in [0.1, 0.15) is 5.92 Å². The number of nitrogens with one attached hydrogen (secondary N) is 1. The molecule has 7 heteroatoms. The molecule has 1 rings (SSSR count). The quantitative estimate of drug-likeness (QED) is 0.714. The van der Waals surface area contributed by atoms with Gasteiger partial charge in [-0.25, -0.2) is 4.79 Å². The smallest absolute Gasteiger partial charge is 0.317 e. The van der Waals surface area contributed by atoms with Crippen molar-refractivity contribution in [1.29, 1.82) is 0 Å². The molecule has 2 amide bonds. The number of carbonyl (C=O) groups is 2. The van der Waals surface area contributed by atoms with Crippen LogP contribution in [0.25, 0.3) is 0 Å². The highest BCUT2D eigenvalue weighted by Crippen LogP contribution is 2.19. The molecule has 0 bridgehead atoms. The van der Waals surface area contributed by atoms with E-state index < -0.39 is 17.9 Å². The Kier molecular flexibility index (Phi) is 6.74. The highest BCUT2D eigenvalue weighted by atomic mass is 16.5. The maximum Gasteiger partial charge on any atom is 0.317 e. The number of carboxylic acid groups (broad SMARTS) is 1. The third-order valence-corrected chi connectivity index (χ3v) is 3.52. The molecule has 0 aromatic heterocycles. The predicted molar refractivity (Wildman–Crippen MR) is 72.6 cm³/mol. The lowest BCUT2D eigenvalue weighted by Gasteiger charge is -2.28. The molecule has 3 unspecified atom stereocenters. The third-order valence-electron chi connectivity index (χ3n) is 3.52. The van der Waals surface area contributed by atoms with Crippen molar-refractivity contribution in [2.75, 3.05) is 34.0 Å². The SMILES string of the molecule is CCCC(COC)NC(=O)N(C)C1COCC1C(=O)O. The number of ether oxygens (including phenoxy) is 2. The number of carboxylic acids is 1. The van der Waals surface area contributed by atoms with Crippen LogP contribution >= 0.6 is 0 Å². The Bertz CT molecular complexity index is 331. The Morgan fingerprint density at radius 1 is 1.50 bits per heavy atom. The zero-order valence-corrected chi connectivity index (χ0v) is 12.3. The molecule has 20 heavy (non-hydrogen) atoms. The van der Waals surface area contributed by atoms with Crippen molar-refractivity contribution in [3.8, 4) is 0 Å². The summed E-state index contributed by atoms with van der Waals surface area (Å²) in [5.74, 6) is -1.60. The number of hydrogen-bond acceptors (Lipinski definition) is 4. The summed E-state index contributed by atoms with van der Waals surface area (Å²) in [4.78, 5) is 24.7. The first-order valence-electron chi connectivity index (χ1n) is 6.84. The summed E-state index contributed by atoms with van der Waals surface area (Å²) in [6, 6.07) is -0.787. The van der Waals surface area contributed by atoms with Crippen molar-refractivity contribution < 1.29 is 24.2 Å². The Morgan fingerprint density at radius 2 is 2.20 bits per heavy atom. The van der Waals surface area contributed by atoms with E-state index in [1.165, 1.54) is 4.90 Å². The van der Waals surface area contributed by atoms with Gasteiger partial charge in [-0.05, 0) is 6.42 Å². The van der Waals surface area contributed by atoms with Crippen LogP contribution in [0, 0.1) is 5.92 Å². The van der Waals surface area contributed by atoms with E-state index in [0.717, 1.165) is 12.8 Å². The highest BCUT2D eigenvalue weighted by molar-refractivity contribution is 5.77. The van der Waals surface area contributed by atoms with Gasteiger partial charge in [0.2, 0.25) is 0 Å². The third kappa shape index (κ3) is 4.35. The normalized spacial score (nSPS) is 23.4. The second-order valence-electron chi connectivity index (χ2n) is 5.05. The van der Waals surface area contributed by atoms with E-state index in [0.29, 0.717) is 6.61 Å². The van der Waals surface area contributed by atoms with Crippen LogP contribution in [0.1, 0.15) is 19.8 Å². The van der Waals surface area contributed by atoms with Crippen molar-refractivity contribution in [1.82, 2.24) is 10.2 Å². The fraction of sp³-hybridized carbons (Fsp3) is 0.846. The first-order valence-corrected chi connectivity index (χ1v) is 6.84. The predicted octanol–water partition coefficient (Wildman–Crippen LogP) is 0.543. The first-order chi connectivity index (χ1) is 9.51. The number of amides is 2. The molecular formula is C13H24N2O5. The number of hydrogen-bond donors (Lipinski definition) is 2. The molecular weight excluding hydrogens is 264 g/mol. The van der Waals surface area contributed by atoms with Crippen molar-refractivity contribution >= 4 is 12.0 Å². The molecule has 1 fully saturated rings. The minimum Gasteiger partial charge on any atom is -0.481 e. The fourth-order valence-electron chi connectivity index (χ4n) is 2.33. The highest BCUT2D eigenvalue weighted by Gasteiger charge is 2.38. The minimum absolute atomic E-state index is 0.0643. The number of aliphatic carboxylic acids is 1. The number of carbonyl (C=O) groups excluding carboxylic acids is 1. The van der Waals surface area contributed by atoms with E-state index in [4.69, 9.17) is 14.6 Å². The van der Waals surface area contributed by atoms with E-state index in [2.05, 4.69) is 5.32 Å². The molecule has 1 aliphatic rings. The van der Waals surface area contributed by atoms with Crippen LogP contribution in [0.3, 0.4) is 0 Å². The summed E-state index contributed by atoms with van der Waals surface area (Å²) < 4.78 is 10.2. The van der Waals surface area contributed by atoms with Crippen molar-refractivity contribution in [2.24, 2.45) is 5.92 Å². The number of urea groups is 1. The van der Waals surface area contributed by atoms with Crippen LogP contribution in [0.2, 0.25) is 0 Å².